The van der Waals surface area contributed by atoms with E-state index in [0.29, 0.717) is 18.1 Å². The maximum atomic E-state index is 12.7. The minimum absolute atomic E-state index is 0.194. The Morgan fingerprint density at radius 1 is 1.20 bits per heavy atom. The molecule has 108 valence electrons. The first-order chi connectivity index (χ1) is 9.76. The summed E-state index contributed by atoms with van der Waals surface area (Å²) in [6, 6.07) is 8.35. The molecule has 1 heteroatoms. The van der Waals surface area contributed by atoms with Crippen LogP contribution in [0.15, 0.2) is 36.9 Å². The minimum Gasteiger partial charge on any atom is -0.299 e. The lowest BCUT2D eigenvalue weighted by Gasteiger charge is -2.21. The highest BCUT2D eigenvalue weighted by molar-refractivity contribution is 5.84. The second kappa shape index (κ2) is 7.42. The third kappa shape index (κ3) is 3.59. The van der Waals surface area contributed by atoms with Crippen LogP contribution in [0.5, 0.6) is 0 Å². The fourth-order valence-corrected chi connectivity index (χ4v) is 3.41. The van der Waals surface area contributed by atoms with Gasteiger partial charge in [-0.1, -0.05) is 56.5 Å². The van der Waals surface area contributed by atoms with E-state index in [1.807, 2.05) is 12.1 Å². The molecule has 0 aliphatic heterocycles. The molecular formula is C19H26O. The quantitative estimate of drug-likeness (QED) is 0.558. The van der Waals surface area contributed by atoms with E-state index in [1.54, 1.807) is 0 Å². The van der Waals surface area contributed by atoms with Crippen molar-refractivity contribution in [3.63, 3.8) is 0 Å². The van der Waals surface area contributed by atoms with Gasteiger partial charge in [0.1, 0.15) is 5.78 Å². The molecule has 1 aromatic carbocycles. The van der Waals surface area contributed by atoms with Gasteiger partial charge in [-0.15, -0.1) is 6.58 Å². The van der Waals surface area contributed by atoms with Crippen molar-refractivity contribution in [2.45, 2.75) is 51.9 Å². The van der Waals surface area contributed by atoms with E-state index in [9.17, 15) is 4.79 Å². The summed E-state index contributed by atoms with van der Waals surface area (Å²) in [6.45, 7) is 6.10. The highest BCUT2D eigenvalue weighted by Gasteiger charge is 2.27. The van der Waals surface area contributed by atoms with Gasteiger partial charge in [0.05, 0.1) is 0 Å². The van der Waals surface area contributed by atoms with Gasteiger partial charge in [0.25, 0.3) is 0 Å². The average molecular weight is 270 g/mol. The average Bonchev–Trinajstić information content (AvgIpc) is 2.73. The molecule has 1 saturated carbocycles. The first-order valence-corrected chi connectivity index (χ1v) is 7.98. The van der Waals surface area contributed by atoms with Crippen LogP contribution in [0.3, 0.4) is 0 Å². The Hall–Kier alpha value is -1.37. The highest BCUT2D eigenvalue weighted by Crippen LogP contribution is 2.31. The number of rotatable bonds is 5. The Balaban J connectivity index is 2.11. The molecule has 0 aromatic heterocycles. The van der Waals surface area contributed by atoms with E-state index < -0.39 is 0 Å². The molecule has 0 bridgehead atoms. The zero-order valence-electron chi connectivity index (χ0n) is 12.6. The molecule has 2 unspecified atom stereocenters. The number of allylic oxidation sites excluding steroid dienone is 1. The van der Waals surface area contributed by atoms with Crippen LogP contribution in [-0.2, 0) is 17.6 Å². The molecule has 0 heterocycles. The zero-order valence-corrected chi connectivity index (χ0v) is 12.6. The van der Waals surface area contributed by atoms with Gasteiger partial charge in [0.15, 0.2) is 0 Å². The number of aryl methyl sites for hydroxylation is 1. The molecule has 20 heavy (non-hydrogen) atoms. The Morgan fingerprint density at radius 3 is 2.60 bits per heavy atom. The van der Waals surface area contributed by atoms with Gasteiger partial charge >= 0.3 is 0 Å². The smallest absolute Gasteiger partial charge is 0.140 e. The molecule has 0 N–H and O–H groups in total. The number of hydrogen-bond donors (Lipinski definition) is 0. The summed E-state index contributed by atoms with van der Waals surface area (Å²) >= 11 is 0. The molecule has 0 spiro atoms. The van der Waals surface area contributed by atoms with E-state index in [0.717, 1.165) is 19.3 Å². The summed E-state index contributed by atoms with van der Waals surface area (Å²) in [7, 11) is 0. The zero-order chi connectivity index (χ0) is 14.4. The molecular weight excluding hydrogens is 244 g/mol. The van der Waals surface area contributed by atoms with Crippen LogP contribution in [0.4, 0.5) is 0 Å². The van der Waals surface area contributed by atoms with Crippen LogP contribution < -0.4 is 0 Å². The predicted octanol–water partition coefficient (Wildman–Crippen LogP) is 4.74. The standard InChI is InChI=1S/C19H26O/c1-3-15-10-8-9-12-17(15)14-19(20)18-13-7-5-6-11-16(18)4-2/h4,8-10,12,16,18H,2-3,5-7,11,13-14H2,1H3. The van der Waals surface area contributed by atoms with Crippen LogP contribution in [-0.4, -0.2) is 5.78 Å². The largest absolute Gasteiger partial charge is 0.299 e. The molecule has 1 fully saturated rings. The molecule has 1 aliphatic rings. The Morgan fingerprint density at radius 2 is 1.90 bits per heavy atom. The second-order valence-corrected chi connectivity index (χ2v) is 5.91. The Bertz CT molecular complexity index is 461. The van der Waals surface area contributed by atoms with E-state index in [1.165, 1.54) is 30.4 Å². The van der Waals surface area contributed by atoms with Crippen LogP contribution in [0.25, 0.3) is 0 Å². The number of ketones is 1. The van der Waals surface area contributed by atoms with Crippen molar-refractivity contribution >= 4 is 5.78 Å². The van der Waals surface area contributed by atoms with E-state index in [2.05, 4.69) is 31.7 Å². The van der Waals surface area contributed by atoms with Gasteiger partial charge < -0.3 is 0 Å². The molecule has 1 nitrogen and oxygen atoms in total. The molecule has 1 aliphatic carbocycles. The summed E-state index contributed by atoms with van der Waals surface area (Å²) < 4.78 is 0. The number of carbonyl (C=O) groups is 1. The van der Waals surface area contributed by atoms with Gasteiger partial charge in [-0.25, -0.2) is 0 Å². The first-order valence-electron chi connectivity index (χ1n) is 7.98. The lowest BCUT2D eigenvalue weighted by Crippen LogP contribution is -2.23. The molecule has 0 saturated heterocycles. The number of hydrogen-bond acceptors (Lipinski definition) is 1. The van der Waals surface area contributed by atoms with Crippen molar-refractivity contribution in [1.82, 2.24) is 0 Å². The summed E-state index contributed by atoms with van der Waals surface area (Å²) in [6.07, 6.45) is 9.48. The number of carbonyl (C=O) groups excluding carboxylic acids is 1. The fraction of sp³-hybridized carbons (Fsp3) is 0.526. The molecule has 1 aromatic rings. The maximum Gasteiger partial charge on any atom is 0.140 e. The van der Waals surface area contributed by atoms with Gasteiger partial charge in [-0.3, -0.25) is 4.79 Å². The maximum absolute atomic E-state index is 12.7. The van der Waals surface area contributed by atoms with Crippen LogP contribution in [0, 0.1) is 11.8 Å². The number of benzene rings is 1. The fourth-order valence-electron chi connectivity index (χ4n) is 3.41. The first kappa shape index (κ1) is 15.0. The van der Waals surface area contributed by atoms with Gasteiger partial charge in [0, 0.05) is 12.3 Å². The summed E-state index contributed by atoms with van der Waals surface area (Å²) in [5.41, 5.74) is 2.52. The van der Waals surface area contributed by atoms with Crippen molar-refractivity contribution in [1.29, 1.82) is 0 Å². The molecule has 0 amide bonds. The van der Waals surface area contributed by atoms with Crippen molar-refractivity contribution in [2.24, 2.45) is 11.8 Å². The van der Waals surface area contributed by atoms with Crippen LogP contribution in [0.2, 0.25) is 0 Å². The van der Waals surface area contributed by atoms with Crippen molar-refractivity contribution < 1.29 is 4.79 Å². The number of Topliss-reactive ketones (excluding diaryl/α,β-unsaturated/α-hetero) is 1. The second-order valence-electron chi connectivity index (χ2n) is 5.91. The van der Waals surface area contributed by atoms with E-state index >= 15 is 0 Å². The van der Waals surface area contributed by atoms with Crippen molar-refractivity contribution in [3.8, 4) is 0 Å². The third-order valence-corrected chi connectivity index (χ3v) is 4.65. The normalized spacial score (nSPS) is 23.1. The topological polar surface area (TPSA) is 17.1 Å². The van der Waals surface area contributed by atoms with Crippen LogP contribution >= 0.6 is 0 Å². The SMILES string of the molecule is C=CC1CCCCCC1C(=O)Cc1ccccc1CC. The van der Waals surface area contributed by atoms with Gasteiger partial charge in [-0.05, 0) is 36.3 Å². The molecule has 0 radical (unpaired) electrons. The summed E-state index contributed by atoms with van der Waals surface area (Å²) in [4.78, 5) is 12.7. The lowest BCUT2D eigenvalue weighted by molar-refractivity contribution is -0.123. The lowest BCUT2D eigenvalue weighted by atomic mass is 9.82. The van der Waals surface area contributed by atoms with Crippen molar-refractivity contribution in [2.75, 3.05) is 0 Å². The minimum atomic E-state index is 0.194. The molecule has 2 rings (SSSR count). The summed E-state index contributed by atoms with van der Waals surface area (Å²) in [5.74, 6) is 0.997. The van der Waals surface area contributed by atoms with E-state index in [-0.39, 0.29) is 5.92 Å². The molecule has 2 atom stereocenters. The monoisotopic (exact) mass is 270 g/mol. The predicted molar refractivity (Wildman–Crippen MR) is 84.8 cm³/mol. The summed E-state index contributed by atoms with van der Waals surface area (Å²) in [5, 5.41) is 0. The van der Waals surface area contributed by atoms with E-state index in [4.69, 9.17) is 0 Å². The third-order valence-electron chi connectivity index (χ3n) is 4.65. The Labute approximate surface area is 123 Å². The van der Waals surface area contributed by atoms with Crippen LogP contribution in [0.1, 0.15) is 50.2 Å². The highest BCUT2D eigenvalue weighted by atomic mass is 16.1. The Kier molecular flexibility index (Phi) is 5.58. The van der Waals surface area contributed by atoms with Gasteiger partial charge in [0.2, 0.25) is 0 Å². The van der Waals surface area contributed by atoms with Gasteiger partial charge in [-0.2, -0.15) is 0 Å². The van der Waals surface area contributed by atoms with Crippen molar-refractivity contribution in [3.05, 3.63) is 48.0 Å².